The van der Waals surface area contributed by atoms with Crippen molar-refractivity contribution >= 4 is 58.8 Å². The number of ether oxygens (including phenoxy) is 2. The summed E-state index contributed by atoms with van der Waals surface area (Å²) in [6, 6.07) is 4.54. The smallest absolute Gasteiger partial charge is 0.138 e. The van der Waals surface area contributed by atoms with Gasteiger partial charge in [0.1, 0.15) is 68.9 Å². The van der Waals surface area contributed by atoms with Gasteiger partial charge >= 0.3 is 0 Å². The van der Waals surface area contributed by atoms with E-state index in [-0.39, 0.29) is 16.4 Å². The first-order valence-corrected chi connectivity index (χ1v) is 5.74. The first-order valence-electron chi connectivity index (χ1n) is 4.92. The van der Waals surface area contributed by atoms with Crippen molar-refractivity contribution in [2.24, 2.45) is 0 Å². The van der Waals surface area contributed by atoms with Crippen LogP contribution in [0, 0.1) is 10.7 Å². The zero-order chi connectivity index (χ0) is 14.7. The highest BCUT2D eigenvalue weighted by Gasteiger charge is 2.20. The number of benzene rings is 1. The molecule has 10 heteroatoms. The highest BCUT2D eigenvalue weighted by atomic mass is 32.2. The van der Waals surface area contributed by atoms with Crippen LogP contribution in [0.25, 0.3) is 0 Å². The zero-order valence-electron chi connectivity index (χ0n) is 9.87. The van der Waals surface area contributed by atoms with Gasteiger partial charge in [-0.3, -0.25) is 0 Å². The molecule has 19 heavy (non-hydrogen) atoms. The second-order valence-electron chi connectivity index (χ2n) is 3.69. The Morgan fingerprint density at radius 2 is 1.37 bits per heavy atom. The molecular formula is C9H3B6NO2S. The second kappa shape index (κ2) is 6.00. The van der Waals surface area contributed by atoms with Gasteiger partial charge in [0.25, 0.3) is 0 Å². The Balaban J connectivity index is 3.18. The van der Waals surface area contributed by atoms with Gasteiger partial charge < -0.3 is 9.47 Å². The van der Waals surface area contributed by atoms with Gasteiger partial charge in [0.05, 0.1) is 0 Å². The summed E-state index contributed by atoms with van der Waals surface area (Å²) in [6.07, 6.45) is 0. The summed E-state index contributed by atoms with van der Waals surface area (Å²) in [5.41, 5.74) is 0. The van der Waals surface area contributed by atoms with Crippen molar-refractivity contribution in [3.8, 4) is 16.9 Å². The Labute approximate surface area is 124 Å². The highest BCUT2D eigenvalue weighted by molar-refractivity contribution is 8.04. The standard InChI is InChI=1S/C9H3B6NO2S/c10-8(11,12)17-5-2-1-3-6(7(5)19-4-16)18-9(13,14)15/h1-3H. The zero-order valence-corrected chi connectivity index (χ0v) is 10.7. The average molecular weight is 254 g/mol. The Morgan fingerprint density at radius 1 is 0.947 bits per heavy atom. The van der Waals surface area contributed by atoms with E-state index in [1.54, 1.807) is 6.07 Å². The van der Waals surface area contributed by atoms with Crippen LogP contribution in [0.4, 0.5) is 0 Å². The summed E-state index contributed by atoms with van der Waals surface area (Å²) < 4.78 is 10.2. The average Bonchev–Trinajstić information content (AvgIpc) is 2.18. The monoisotopic (exact) mass is 255 g/mol. The normalized spacial score (nSPS) is 11.5. The molecule has 0 saturated heterocycles. The van der Waals surface area contributed by atoms with E-state index in [1.165, 1.54) is 12.1 Å². The fraction of sp³-hybridized carbons (Fsp3) is 0.222. The second-order valence-corrected chi connectivity index (χ2v) is 4.48. The van der Waals surface area contributed by atoms with E-state index in [2.05, 4.69) is 0 Å². The van der Waals surface area contributed by atoms with Crippen molar-refractivity contribution in [2.75, 3.05) is 0 Å². The Hall–Kier alpha value is -0.950. The van der Waals surface area contributed by atoms with Crippen LogP contribution in [-0.4, -0.2) is 57.7 Å². The van der Waals surface area contributed by atoms with Crippen LogP contribution < -0.4 is 9.47 Å². The molecule has 0 unspecified atom stereocenters. The Morgan fingerprint density at radius 3 is 1.68 bits per heavy atom. The van der Waals surface area contributed by atoms with Crippen molar-refractivity contribution in [3.63, 3.8) is 0 Å². The number of hydrogen-bond acceptors (Lipinski definition) is 4. The molecule has 0 aromatic heterocycles. The lowest BCUT2D eigenvalue weighted by Crippen LogP contribution is -2.38. The summed E-state index contributed by atoms with van der Waals surface area (Å²) in [4.78, 5) is 0.251. The fourth-order valence-corrected chi connectivity index (χ4v) is 1.70. The summed E-state index contributed by atoms with van der Waals surface area (Å²) in [6.45, 7) is 0. The summed E-state index contributed by atoms with van der Waals surface area (Å²) in [5.74, 6) is 0.279. The molecule has 0 aliphatic rings. The van der Waals surface area contributed by atoms with Gasteiger partial charge in [-0.1, -0.05) is 6.07 Å². The summed E-state index contributed by atoms with van der Waals surface area (Å²) >= 11 is 0.732. The molecule has 1 aromatic carbocycles. The minimum absolute atomic E-state index is 0.140. The van der Waals surface area contributed by atoms with E-state index in [1.807, 2.05) is 5.40 Å². The topological polar surface area (TPSA) is 42.2 Å². The maximum absolute atomic E-state index is 8.78. The molecule has 0 aliphatic carbocycles. The molecule has 0 amide bonds. The molecule has 80 valence electrons. The van der Waals surface area contributed by atoms with Crippen molar-refractivity contribution < 1.29 is 9.47 Å². The summed E-state index contributed by atoms with van der Waals surface area (Å²) in [7, 11) is 32.0. The van der Waals surface area contributed by atoms with Gasteiger partial charge in [0.15, 0.2) is 0 Å². The molecule has 12 radical (unpaired) electrons. The molecule has 0 bridgehead atoms. The molecule has 0 fully saturated rings. The number of nitrogens with zero attached hydrogens (tertiary/aromatic N) is 1. The molecule has 0 spiro atoms. The minimum atomic E-state index is -1.91. The lowest BCUT2D eigenvalue weighted by Gasteiger charge is -2.28. The lowest BCUT2D eigenvalue weighted by molar-refractivity contribution is 0.288. The molecule has 0 saturated carbocycles. The third-order valence-electron chi connectivity index (χ3n) is 1.66. The third kappa shape index (κ3) is 5.69. The molecule has 1 aromatic rings. The molecular weight excluding hydrogens is 251 g/mol. The van der Waals surface area contributed by atoms with Gasteiger partial charge in [-0.2, -0.15) is 5.26 Å². The number of hydrogen-bond donors (Lipinski definition) is 0. The SMILES string of the molecule is [B]C([B])([B])Oc1cccc(OC([B])([B])[B])c1SC#N. The molecule has 0 N–H and O–H groups in total. The van der Waals surface area contributed by atoms with Crippen molar-refractivity contribution in [3.05, 3.63) is 18.2 Å². The molecule has 0 atom stereocenters. The molecule has 0 heterocycles. The van der Waals surface area contributed by atoms with E-state index in [0.29, 0.717) is 0 Å². The van der Waals surface area contributed by atoms with Crippen molar-refractivity contribution in [2.45, 2.75) is 15.5 Å². The van der Waals surface area contributed by atoms with E-state index >= 15 is 0 Å². The predicted molar refractivity (Wildman–Crippen MR) is 79.2 cm³/mol. The van der Waals surface area contributed by atoms with Crippen LogP contribution in [-0.2, 0) is 0 Å². The number of thiocyanates is 1. The first-order chi connectivity index (χ1) is 8.62. The first kappa shape index (κ1) is 16.1. The predicted octanol–water partition coefficient (Wildman–Crippen LogP) is -0.749. The fourth-order valence-electron chi connectivity index (χ4n) is 1.18. The van der Waals surface area contributed by atoms with Crippen LogP contribution in [0.15, 0.2) is 23.1 Å². The van der Waals surface area contributed by atoms with Gasteiger partial charge in [0.2, 0.25) is 0 Å². The van der Waals surface area contributed by atoms with Crippen LogP contribution in [0.1, 0.15) is 0 Å². The van der Waals surface area contributed by atoms with Crippen LogP contribution >= 0.6 is 11.8 Å². The van der Waals surface area contributed by atoms with Crippen molar-refractivity contribution in [1.82, 2.24) is 0 Å². The third-order valence-corrected chi connectivity index (χ3v) is 2.36. The quantitative estimate of drug-likeness (QED) is 0.394. The summed E-state index contributed by atoms with van der Waals surface area (Å²) in [5, 5.41) is 6.81. The van der Waals surface area contributed by atoms with Crippen LogP contribution in [0.3, 0.4) is 0 Å². The maximum atomic E-state index is 8.78. The Kier molecular flexibility index (Phi) is 5.09. The van der Waals surface area contributed by atoms with E-state index in [0.717, 1.165) is 11.8 Å². The largest absolute Gasteiger partial charge is 0.514 e. The van der Waals surface area contributed by atoms with Gasteiger partial charge in [-0.25, -0.2) is 0 Å². The van der Waals surface area contributed by atoms with Gasteiger partial charge in [-0.15, -0.1) is 0 Å². The minimum Gasteiger partial charge on any atom is -0.514 e. The van der Waals surface area contributed by atoms with Gasteiger partial charge in [-0.05, 0) is 34.5 Å². The molecule has 1 rings (SSSR count). The number of thioether (sulfide) groups is 1. The van der Waals surface area contributed by atoms with Crippen LogP contribution in [0.5, 0.6) is 11.5 Å². The number of rotatable bonds is 5. The molecule has 0 aliphatic heterocycles. The van der Waals surface area contributed by atoms with E-state index < -0.39 is 10.6 Å². The number of nitriles is 1. The molecule has 3 nitrogen and oxygen atoms in total. The Bertz CT molecular complexity index is 459. The van der Waals surface area contributed by atoms with E-state index in [9.17, 15) is 0 Å². The van der Waals surface area contributed by atoms with Crippen LogP contribution in [0.2, 0.25) is 0 Å². The lowest BCUT2D eigenvalue weighted by atomic mass is 9.52. The highest BCUT2D eigenvalue weighted by Crippen LogP contribution is 2.38. The maximum Gasteiger partial charge on any atom is 0.138 e. The van der Waals surface area contributed by atoms with Crippen molar-refractivity contribution in [1.29, 1.82) is 5.26 Å². The van der Waals surface area contributed by atoms with E-state index in [4.69, 9.17) is 61.8 Å². The van der Waals surface area contributed by atoms with Gasteiger partial charge in [0, 0.05) is 0 Å².